The van der Waals surface area contributed by atoms with Gasteiger partial charge < -0.3 is 11.5 Å². The molecule has 1 aliphatic carbocycles. The average molecular weight is 207 g/mol. The summed E-state index contributed by atoms with van der Waals surface area (Å²) in [5.41, 5.74) is 12.2. The summed E-state index contributed by atoms with van der Waals surface area (Å²) in [4.78, 5) is 0. The third-order valence-corrected chi connectivity index (χ3v) is 3.18. The van der Waals surface area contributed by atoms with Gasteiger partial charge in [-0.25, -0.2) is 0 Å². The van der Waals surface area contributed by atoms with Crippen LogP contribution in [0.3, 0.4) is 0 Å². The van der Waals surface area contributed by atoms with Crippen molar-refractivity contribution >= 4 is 12.4 Å². The first-order valence-electron chi connectivity index (χ1n) is 4.89. The fourth-order valence-electron chi connectivity index (χ4n) is 2.02. The minimum atomic E-state index is -0.0174. The van der Waals surface area contributed by atoms with E-state index in [-0.39, 0.29) is 23.5 Å². The van der Waals surface area contributed by atoms with E-state index in [2.05, 4.69) is 20.8 Å². The smallest absolute Gasteiger partial charge is 0.0126 e. The molecule has 0 radical (unpaired) electrons. The zero-order chi connectivity index (χ0) is 9.41. The lowest BCUT2D eigenvalue weighted by atomic mass is 9.71. The summed E-state index contributed by atoms with van der Waals surface area (Å²) >= 11 is 0. The minimum absolute atomic E-state index is 0. The Morgan fingerprint density at radius 1 is 1.23 bits per heavy atom. The molecule has 1 saturated carbocycles. The molecule has 1 aliphatic rings. The second-order valence-corrected chi connectivity index (χ2v) is 5.25. The fraction of sp³-hybridized carbons (Fsp3) is 1.00. The van der Waals surface area contributed by atoms with Crippen molar-refractivity contribution in [3.05, 3.63) is 0 Å². The van der Waals surface area contributed by atoms with E-state index < -0.39 is 0 Å². The topological polar surface area (TPSA) is 52.0 Å². The highest BCUT2D eigenvalue weighted by molar-refractivity contribution is 5.85. The van der Waals surface area contributed by atoms with E-state index in [4.69, 9.17) is 11.5 Å². The quantitative estimate of drug-likeness (QED) is 0.690. The molecule has 0 unspecified atom stereocenters. The van der Waals surface area contributed by atoms with Crippen LogP contribution in [0, 0.1) is 5.92 Å². The molecule has 2 nitrogen and oxygen atoms in total. The fourth-order valence-corrected chi connectivity index (χ4v) is 2.02. The molecule has 1 fully saturated rings. The van der Waals surface area contributed by atoms with Crippen molar-refractivity contribution in [1.29, 1.82) is 0 Å². The van der Waals surface area contributed by atoms with Crippen LogP contribution in [0.15, 0.2) is 0 Å². The average Bonchev–Trinajstić information content (AvgIpc) is 1.83. The van der Waals surface area contributed by atoms with Gasteiger partial charge in [-0.3, -0.25) is 0 Å². The van der Waals surface area contributed by atoms with Gasteiger partial charge in [-0.15, -0.1) is 12.4 Å². The van der Waals surface area contributed by atoms with Crippen LogP contribution in [-0.4, -0.2) is 11.1 Å². The van der Waals surface area contributed by atoms with Gasteiger partial charge in [0.15, 0.2) is 0 Å². The Kier molecular flexibility index (Phi) is 4.23. The Labute approximate surface area is 87.9 Å². The summed E-state index contributed by atoms with van der Waals surface area (Å²) in [6.45, 7) is 6.39. The third kappa shape index (κ3) is 3.84. The molecular weight excluding hydrogens is 184 g/mol. The van der Waals surface area contributed by atoms with Gasteiger partial charge in [0.25, 0.3) is 0 Å². The van der Waals surface area contributed by atoms with E-state index in [1.165, 1.54) is 12.8 Å². The highest BCUT2D eigenvalue weighted by atomic mass is 35.5. The van der Waals surface area contributed by atoms with Gasteiger partial charge in [-0.2, -0.15) is 0 Å². The predicted octanol–water partition coefficient (Wildman–Crippen LogP) is 2.05. The van der Waals surface area contributed by atoms with Gasteiger partial charge in [-0.1, -0.05) is 0 Å². The molecule has 0 aliphatic heterocycles. The molecular formula is C10H23ClN2. The molecule has 0 heterocycles. The van der Waals surface area contributed by atoms with Crippen LogP contribution in [0.1, 0.15) is 46.5 Å². The van der Waals surface area contributed by atoms with Crippen molar-refractivity contribution in [2.45, 2.75) is 57.5 Å². The van der Waals surface area contributed by atoms with Gasteiger partial charge in [0.05, 0.1) is 0 Å². The van der Waals surface area contributed by atoms with Crippen molar-refractivity contribution < 1.29 is 0 Å². The van der Waals surface area contributed by atoms with Crippen LogP contribution < -0.4 is 11.5 Å². The molecule has 80 valence electrons. The van der Waals surface area contributed by atoms with Gasteiger partial charge in [0, 0.05) is 11.1 Å². The van der Waals surface area contributed by atoms with Gasteiger partial charge in [-0.05, 0) is 52.4 Å². The van der Waals surface area contributed by atoms with E-state index in [9.17, 15) is 0 Å². The molecule has 4 N–H and O–H groups in total. The summed E-state index contributed by atoms with van der Waals surface area (Å²) in [6, 6.07) is 0. The first kappa shape index (κ1) is 13.2. The molecule has 0 atom stereocenters. The van der Waals surface area contributed by atoms with Gasteiger partial charge >= 0.3 is 0 Å². The molecule has 0 aromatic rings. The van der Waals surface area contributed by atoms with Crippen LogP contribution in [0.25, 0.3) is 0 Å². The first-order valence-corrected chi connectivity index (χ1v) is 4.89. The van der Waals surface area contributed by atoms with Crippen LogP contribution in [-0.2, 0) is 0 Å². The molecule has 0 aromatic heterocycles. The molecule has 13 heavy (non-hydrogen) atoms. The Bertz CT molecular complexity index is 151. The maximum absolute atomic E-state index is 6.06. The lowest BCUT2D eigenvalue weighted by molar-refractivity contribution is 0.185. The summed E-state index contributed by atoms with van der Waals surface area (Å²) < 4.78 is 0. The van der Waals surface area contributed by atoms with E-state index in [0.717, 1.165) is 12.8 Å². The van der Waals surface area contributed by atoms with Crippen molar-refractivity contribution in [1.82, 2.24) is 0 Å². The zero-order valence-corrected chi connectivity index (χ0v) is 9.79. The number of halogens is 1. The normalized spacial score (nSPS) is 35.3. The third-order valence-electron chi connectivity index (χ3n) is 3.18. The van der Waals surface area contributed by atoms with Crippen molar-refractivity contribution in [3.8, 4) is 0 Å². The van der Waals surface area contributed by atoms with Gasteiger partial charge in [0.1, 0.15) is 0 Å². The van der Waals surface area contributed by atoms with Gasteiger partial charge in [0.2, 0.25) is 0 Å². The van der Waals surface area contributed by atoms with Crippen LogP contribution >= 0.6 is 12.4 Å². The van der Waals surface area contributed by atoms with Crippen LogP contribution in [0.4, 0.5) is 0 Å². The molecule has 0 spiro atoms. The molecule has 0 saturated heterocycles. The Morgan fingerprint density at radius 3 is 1.92 bits per heavy atom. The monoisotopic (exact) mass is 206 g/mol. The van der Waals surface area contributed by atoms with Crippen LogP contribution in [0.2, 0.25) is 0 Å². The number of hydrogen-bond acceptors (Lipinski definition) is 2. The maximum atomic E-state index is 6.06. The number of rotatable bonds is 1. The zero-order valence-electron chi connectivity index (χ0n) is 8.97. The SMILES string of the molecule is CC1(N)CCC(C(C)(C)N)CC1.Cl. The van der Waals surface area contributed by atoms with E-state index >= 15 is 0 Å². The Balaban J connectivity index is 0.00000144. The van der Waals surface area contributed by atoms with E-state index in [0.29, 0.717) is 5.92 Å². The highest BCUT2D eigenvalue weighted by Crippen LogP contribution is 2.34. The number of nitrogens with two attached hydrogens (primary N) is 2. The molecule has 1 rings (SSSR count). The van der Waals surface area contributed by atoms with E-state index in [1.807, 2.05) is 0 Å². The highest BCUT2D eigenvalue weighted by Gasteiger charge is 2.33. The maximum Gasteiger partial charge on any atom is 0.0126 e. The summed E-state index contributed by atoms with van der Waals surface area (Å²) in [5.74, 6) is 0.661. The lowest BCUT2D eigenvalue weighted by Crippen LogP contribution is -2.48. The standard InChI is InChI=1S/C10H22N2.ClH/c1-9(2,11)8-4-6-10(3,12)7-5-8;/h8H,4-7,11-12H2,1-3H3;1H. The number of hydrogen-bond donors (Lipinski definition) is 2. The molecule has 0 bridgehead atoms. The molecule has 0 aromatic carbocycles. The summed E-state index contributed by atoms with van der Waals surface area (Å²) in [7, 11) is 0. The van der Waals surface area contributed by atoms with E-state index in [1.54, 1.807) is 0 Å². The molecule has 3 heteroatoms. The minimum Gasteiger partial charge on any atom is -0.325 e. The van der Waals surface area contributed by atoms with Crippen LogP contribution in [0.5, 0.6) is 0 Å². The van der Waals surface area contributed by atoms with Crippen molar-refractivity contribution in [2.24, 2.45) is 17.4 Å². The van der Waals surface area contributed by atoms with Crippen molar-refractivity contribution in [2.75, 3.05) is 0 Å². The lowest BCUT2D eigenvalue weighted by Gasteiger charge is -2.40. The second kappa shape index (κ2) is 4.16. The Morgan fingerprint density at radius 2 is 1.62 bits per heavy atom. The Hall–Kier alpha value is 0.210. The largest absolute Gasteiger partial charge is 0.325 e. The first-order chi connectivity index (χ1) is 5.31. The molecule has 0 amide bonds. The summed E-state index contributed by atoms with van der Waals surface area (Å²) in [6.07, 6.45) is 4.63. The second-order valence-electron chi connectivity index (χ2n) is 5.25. The van der Waals surface area contributed by atoms with Crippen molar-refractivity contribution in [3.63, 3.8) is 0 Å². The summed E-state index contributed by atoms with van der Waals surface area (Å²) in [5, 5.41) is 0. The predicted molar refractivity (Wildman–Crippen MR) is 60.1 cm³/mol.